The Hall–Kier alpha value is -4.20. The Bertz CT molecular complexity index is 1900. The molecule has 0 aliphatic carbocycles. The Balaban J connectivity index is 1.41. The van der Waals surface area contributed by atoms with Gasteiger partial charge in [0.25, 0.3) is 17.7 Å². The fourth-order valence-corrected chi connectivity index (χ4v) is 8.28. The van der Waals surface area contributed by atoms with E-state index in [1.54, 1.807) is 31.2 Å². The van der Waals surface area contributed by atoms with Crippen LogP contribution in [0.2, 0.25) is 10.0 Å². The minimum atomic E-state index is -4.48. The average Bonchev–Trinajstić information content (AvgIpc) is 3.51. The molecule has 2 aromatic carbocycles. The molecule has 1 aromatic heterocycles. The van der Waals surface area contributed by atoms with Gasteiger partial charge in [-0.3, -0.25) is 19.5 Å². The third kappa shape index (κ3) is 7.38. The Morgan fingerprint density at radius 1 is 1.10 bits per heavy atom. The van der Waals surface area contributed by atoms with Crippen LogP contribution in [0.3, 0.4) is 0 Å². The SMILES string of the molecule is CCOC(=O)C(Cc1ccc(NC(=O)c2c(Cl)cncc2Cl)cc1)NC(=O)C1(N2CC(F)(F)C2)CCCN1S(=O)(=O)c1cccc(C#N)c1. The molecule has 12 nitrogen and oxygen atoms in total. The molecule has 3 aromatic rings. The zero-order valence-electron chi connectivity index (χ0n) is 26.0. The van der Waals surface area contributed by atoms with Gasteiger partial charge in [-0.15, -0.1) is 0 Å². The summed E-state index contributed by atoms with van der Waals surface area (Å²) in [6, 6.07) is 12.0. The lowest BCUT2D eigenvalue weighted by atomic mass is 9.96. The van der Waals surface area contributed by atoms with E-state index in [9.17, 15) is 36.8 Å². The smallest absolute Gasteiger partial charge is 0.328 e. The Kier molecular flexibility index (Phi) is 10.6. The van der Waals surface area contributed by atoms with Crippen LogP contribution < -0.4 is 10.6 Å². The second-order valence-electron chi connectivity index (χ2n) is 11.5. The van der Waals surface area contributed by atoms with Crippen LogP contribution in [0.25, 0.3) is 0 Å². The molecule has 3 heterocycles. The maximum absolute atomic E-state index is 14.3. The first-order chi connectivity index (χ1) is 23.2. The molecule has 17 heteroatoms. The van der Waals surface area contributed by atoms with Crippen molar-refractivity contribution in [3.8, 4) is 6.07 Å². The highest BCUT2D eigenvalue weighted by Crippen LogP contribution is 2.44. The van der Waals surface area contributed by atoms with Gasteiger partial charge in [0, 0.05) is 31.0 Å². The highest BCUT2D eigenvalue weighted by molar-refractivity contribution is 7.89. The molecular weight excluding hydrogens is 705 g/mol. The zero-order valence-corrected chi connectivity index (χ0v) is 28.3. The number of nitrogens with zero attached hydrogens (tertiary/aromatic N) is 4. The van der Waals surface area contributed by atoms with E-state index in [0.717, 1.165) is 15.3 Å². The van der Waals surface area contributed by atoms with E-state index in [0.29, 0.717) is 11.3 Å². The molecule has 2 atom stereocenters. The fraction of sp³-hybridized carbons (Fsp3) is 0.344. The van der Waals surface area contributed by atoms with Crippen LogP contribution in [0.4, 0.5) is 14.5 Å². The molecule has 49 heavy (non-hydrogen) atoms. The van der Waals surface area contributed by atoms with Crippen LogP contribution >= 0.6 is 23.2 Å². The van der Waals surface area contributed by atoms with Crippen molar-refractivity contribution in [1.29, 1.82) is 5.26 Å². The zero-order chi connectivity index (χ0) is 35.6. The summed E-state index contributed by atoms with van der Waals surface area (Å²) in [5.74, 6) is -5.53. The van der Waals surface area contributed by atoms with E-state index in [1.165, 1.54) is 30.6 Å². The lowest BCUT2D eigenvalue weighted by molar-refractivity contribution is -0.193. The van der Waals surface area contributed by atoms with Crippen molar-refractivity contribution in [2.24, 2.45) is 0 Å². The normalized spacial score (nSPS) is 19.7. The monoisotopic (exact) mass is 734 g/mol. The number of hydrogen-bond acceptors (Lipinski definition) is 9. The molecule has 0 bridgehead atoms. The number of aromatic nitrogens is 1. The maximum Gasteiger partial charge on any atom is 0.328 e. The molecule has 0 radical (unpaired) electrons. The van der Waals surface area contributed by atoms with Gasteiger partial charge in [0.2, 0.25) is 10.0 Å². The number of carbonyl (C=O) groups is 3. The van der Waals surface area contributed by atoms with Crippen LogP contribution in [0, 0.1) is 11.3 Å². The first-order valence-corrected chi connectivity index (χ1v) is 17.2. The van der Waals surface area contributed by atoms with Crippen molar-refractivity contribution in [3.05, 3.63) is 87.7 Å². The first kappa shape index (κ1) is 36.1. The molecule has 0 spiro atoms. The standard InChI is InChI=1S/C32H30Cl2F2N6O6S/c1-2-48-29(44)26(14-20-7-9-22(10-8-20)39-28(43)27-24(33)16-38-17-25(27)34)40-30(45)32(41-18-31(35,36)19-41)11-4-12-42(32)49(46,47)23-6-3-5-21(13-23)15-37/h3,5-10,13,16-17,26H,2,4,11-12,14,18-19H2,1H3,(H,39,43)(H,40,45). The number of pyridine rings is 1. The average molecular weight is 736 g/mol. The highest BCUT2D eigenvalue weighted by atomic mass is 35.5. The largest absolute Gasteiger partial charge is 0.464 e. The van der Waals surface area contributed by atoms with Gasteiger partial charge in [0.1, 0.15) is 6.04 Å². The predicted molar refractivity (Wildman–Crippen MR) is 174 cm³/mol. The molecule has 2 N–H and O–H groups in total. The maximum atomic E-state index is 14.3. The van der Waals surface area contributed by atoms with Crippen LogP contribution in [0.15, 0.2) is 65.8 Å². The number of ether oxygens (including phenoxy) is 1. The molecule has 258 valence electrons. The molecule has 2 amide bonds. The summed E-state index contributed by atoms with van der Waals surface area (Å²) >= 11 is 12.2. The highest BCUT2D eigenvalue weighted by Gasteiger charge is 2.63. The lowest BCUT2D eigenvalue weighted by Gasteiger charge is -2.52. The fourth-order valence-electron chi connectivity index (χ4n) is 5.90. The molecule has 0 saturated carbocycles. The number of hydrogen-bond donors (Lipinski definition) is 2. The van der Waals surface area contributed by atoms with E-state index >= 15 is 0 Å². The number of nitrogens with one attached hydrogen (secondary N) is 2. The van der Waals surface area contributed by atoms with Crippen LogP contribution in [0.1, 0.15) is 41.3 Å². The van der Waals surface area contributed by atoms with E-state index in [4.69, 9.17) is 27.9 Å². The van der Waals surface area contributed by atoms with Gasteiger partial charge in [-0.25, -0.2) is 22.0 Å². The third-order valence-electron chi connectivity index (χ3n) is 8.19. The summed E-state index contributed by atoms with van der Waals surface area (Å²) in [5.41, 5.74) is -1.12. The number of carbonyl (C=O) groups excluding carboxylic acids is 3. The first-order valence-electron chi connectivity index (χ1n) is 15.0. The van der Waals surface area contributed by atoms with Crippen LogP contribution in [0.5, 0.6) is 0 Å². The number of sulfonamides is 1. The van der Waals surface area contributed by atoms with E-state index < -0.39 is 58.5 Å². The summed E-state index contributed by atoms with van der Waals surface area (Å²) in [4.78, 5) is 44.8. The molecule has 2 saturated heterocycles. The van der Waals surface area contributed by atoms with E-state index in [-0.39, 0.29) is 58.5 Å². The van der Waals surface area contributed by atoms with Crippen molar-refractivity contribution in [3.63, 3.8) is 0 Å². The number of anilines is 1. The number of likely N-dealkylation sites (tertiary alicyclic amines) is 1. The Morgan fingerprint density at radius 2 is 1.78 bits per heavy atom. The second-order valence-corrected chi connectivity index (χ2v) is 14.1. The van der Waals surface area contributed by atoms with Gasteiger partial charge >= 0.3 is 5.97 Å². The molecule has 2 fully saturated rings. The number of esters is 1. The van der Waals surface area contributed by atoms with E-state index in [2.05, 4.69) is 15.6 Å². The van der Waals surface area contributed by atoms with Gasteiger partial charge in [-0.1, -0.05) is 41.4 Å². The van der Waals surface area contributed by atoms with Crippen LogP contribution in [-0.4, -0.2) is 84.3 Å². The van der Waals surface area contributed by atoms with Crippen molar-refractivity contribution >= 4 is 56.7 Å². The predicted octanol–water partition coefficient (Wildman–Crippen LogP) is 4.23. The lowest BCUT2D eigenvalue weighted by Crippen LogP contribution is -2.75. The van der Waals surface area contributed by atoms with Gasteiger partial charge in [0.05, 0.1) is 51.8 Å². The number of benzene rings is 2. The Labute approximate surface area is 291 Å². The van der Waals surface area contributed by atoms with Gasteiger partial charge < -0.3 is 15.4 Å². The van der Waals surface area contributed by atoms with Gasteiger partial charge in [0.15, 0.2) is 5.66 Å². The summed E-state index contributed by atoms with van der Waals surface area (Å²) < 4.78 is 62.5. The van der Waals surface area contributed by atoms with Crippen molar-refractivity contribution in [2.45, 2.75) is 48.7 Å². The number of halogens is 4. The number of amides is 2. The number of alkyl halides is 2. The summed E-state index contributed by atoms with van der Waals surface area (Å²) in [6.45, 7) is -0.382. The molecular formula is C32H30Cl2F2N6O6S. The summed E-state index contributed by atoms with van der Waals surface area (Å²) in [7, 11) is -4.48. The Morgan fingerprint density at radius 3 is 2.39 bits per heavy atom. The second kappa shape index (κ2) is 14.3. The third-order valence-corrected chi connectivity index (χ3v) is 10.7. The summed E-state index contributed by atoms with van der Waals surface area (Å²) in [6.07, 6.45) is 2.48. The molecule has 2 aliphatic rings. The number of nitriles is 1. The minimum absolute atomic E-state index is 0.0298. The minimum Gasteiger partial charge on any atom is -0.464 e. The quantitative estimate of drug-likeness (QED) is 0.275. The van der Waals surface area contributed by atoms with Crippen molar-refractivity contribution < 1.29 is 36.3 Å². The van der Waals surface area contributed by atoms with Gasteiger partial charge in [-0.2, -0.15) is 9.57 Å². The van der Waals surface area contributed by atoms with Crippen molar-refractivity contribution in [1.82, 2.24) is 19.5 Å². The summed E-state index contributed by atoms with van der Waals surface area (Å²) in [5, 5.41) is 14.7. The molecule has 5 rings (SSSR count). The number of rotatable bonds is 11. The van der Waals surface area contributed by atoms with Gasteiger partial charge in [-0.05, 0) is 55.7 Å². The molecule has 2 aliphatic heterocycles. The van der Waals surface area contributed by atoms with Crippen molar-refractivity contribution in [2.75, 3.05) is 31.6 Å². The van der Waals surface area contributed by atoms with E-state index in [1.807, 2.05) is 6.07 Å². The topological polar surface area (TPSA) is 162 Å². The van der Waals surface area contributed by atoms with Crippen LogP contribution in [-0.2, 0) is 30.8 Å². The molecule has 2 unspecified atom stereocenters.